The Morgan fingerprint density at radius 3 is 2.42 bits per heavy atom. The van der Waals surface area contributed by atoms with E-state index in [0.29, 0.717) is 28.8 Å². The molecule has 2 aromatic carbocycles. The lowest BCUT2D eigenvalue weighted by molar-refractivity contribution is -0.139. The average molecular weight is 481 g/mol. The van der Waals surface area contributed by atoms with E-state index in [1.54, 1.807) is 11.0 Å². The number of nitrogens with zero attached hydrogens (tertiary/aromatic N) is 1. The molecule has 0 aliphatic carbocycles. The average Bonchev–Trinajstić information content (AvgIpc) is 2.70. The maximum atomic E-state index is 13.2. The summed E-state index contributed by atoms with van der Waals surface area (Å²) in [4.78, 5) is 27.7. The van der Waals surface area contributed by atoms with Crippen LogP contribution < -0.4 is 5.32 Å². The van der Waals surface area contributed by atoms with Gasteiger partial charge in [0.05, 0.1) is 15.8 Å². The van der Waals surface area contributed by atoms with Gasteiger partial charge in [0.25, 0.3) is 0 Å². The van der Waals surface area contributed by atoms with Gasteiger partial charge in [-0.15, -0.1) is 11.8 Å². The Balaban J connectivity index is 2.13. The van der Waals surface area contributed by atoms with Gasteiger partial charge in [0.1, 0.15) is 6.04 Å². The van der Waals surface area contributed by atoms with Gasteiger partial charge in [0, 0.05) is 18.3 Å². The molecule has 4 nitrogen and oxygen atoms in total. The maximum Gasteiger partial charge on any atom is 0.243 e. The molecule has 0 saturated heterocycles. The monoisotopic (exact) mass is 480 g/mol. The number of carbonyl (C=O) groups is 2. The zero-order valence-corrected chi connectivity index (χ0v) is 20.8. The summed E-state index contributed by atoms with van der Waals surface area (Å²) in [5.41, 5.74) is 3.14. The molecule has 0 radical (unpaired) electrons. The van der Waals surface area contributed by atoms with E-state index >= 15 is 0 Å². The Morgan fingerprint density at radius 2 is 1.81 bits per heavy atom. The van der Waals surface area contributed by atoms with Gasteiger partial charge in [-0.2, -0.15) is 0 Å². The van der Waals surface area contributed by atoms with Crippen molar-refractivity contribution in [3.05, 3.63) is 69.2 Å². The van der Waals surface area contributed by atoms with Crippen molar-refractivity contribution in [2.75, 3.05) is 5.75 Å². The minimum absolute atomic E-state index is 0.0153. The SMILES string of the molecule is CC[C@H](C(=O)NC(C)C)N(Cc1cccc(C)c1)C(=O)CSCc1ccc(Cl)c(Cl)c1. The highest BCUT2D eigenvalue weighted by atomic mass is 35.5. The van der Waals surface area contributed by atoms with Crippen molar-refractivity contribution >= 4 is 46.8 Å². The lowest BCUT2D eigenvalue weighted by Crippen LogP contribution is -2.50. The molecule has 0 spiro atoms. The van der Waals surface area contributed by atoms with Crippen LogP contribution in [0.15, 0.2) is 42.5 Å². The van der Waals surface area contributed by atoms with Crippen LogP contribution >= 0.6 is 35.0 Å². The molecule has 2 amide bonds. The van der Waals surface area contributed by atoms with E-state index in [4.69, 9.17) is 23.2 Å². The molecule has 7 heteroatoms. The number of halogens is 2. The minimum atomic E-state index is -0.513. The molecule has 168 valence electrons. The number of nitrogens with one attached hydrogen (secondary N) is 1. The van der Waals surface area contributed by atoms with Gasteiger partial charge in [0.2, 0.25) is 11.8 Å². The van der Waals surface area contributed by atoms with Crippen LogP contribution in [0.5, 0.6) is 0 Å². The van der Waals surface area contributed by atoms with Crippen molar-refractivity contribution in [1.29, 1.82) is 0 Å². The molecule has 0 aliphatic heterocycles. The highest BCUT2D eigenvalue weighted by Gasteiger charge is 2.28. The number of aryl methyl sites for hydroxylation is 1. The van der Waals surface area contributed by atoms with Crippen LogP contribution in [0.2, 0.25) is 10.0 Å². The standard InChI is InChI=1S/C24H30Cl2N2O2S/c1-5-22(24(30)27-16(2)3)28(13-18-8-6-7-17(4)11-18)23(29)15-31-14-19-9-10-20(25)21(26)12-19/h6-12,16,22H,5,13-15H2,1-4H3,(H,27,30)/t22-/m1/s1. The molecular formula is C24H30Cl2N2O2S. The zero-order chi connectivity index (χ0) is 23.0. The van der Waals surface area contributed by atoms with Gasteiger partial charge in [-0.25, -0.2) is 0 Å². The first kappa shape index (κ1) is 25.6. The summed E-state index contributed by atoms with van der Waals surface area (Å²) in [5, 5.41) is 3.97. The van der Waals surface area contributed by atoms with Crippen molar-refractivity contribution in [2.24, 2.45) is 0 Å². The lowest BCUT2D eigenvalue weighted by Gasteiger charge is -2.31. The number of amides is 2. The summed E-state index contributed by atoms with van der Waals surface area (Å²) in [6.45, 7) is 8.20. The van der Waals surface area contributed by atoms with Crippen molar-refractivity contribution in [3.8, 4) is 0 Å². The van der Waals surface area contributed by atoms with Crippen LogP contribution in [0.25, 0.3) is 0 Å². The highest BCUT2D eigenvalue weighted by Crippen LogP contribution is 2.25. The second-order valence-corrected chi connectivity index (χ2v) is 9.64. The number of thioether (sulfide) groups is 1. The summed E-state index contributed by atoms with van der Waals surface area (Å²) in [6, 6.07) is 13.0. The third-order valence-corrected chi connectivity index (χ3v) is 6.46. The molecule has 1 atom stereocenters. The molecule has 0 heterocycles. The molecule has 0 aliphatic rings. The highest BCUT2D eigenvalue weighted by molar-refractivity contribution is 7.99. The summed E-state index contributed by atoms with van der Waals surface area (Å²) < 4.78 is 0. The quantitative estimate of drug-likeness (QED) is 0.462. The van der Waals surface area contributed by atoms with Gasteiger partial charge < -0.3 is 10.2 Å². The minimum Gasteiger partial charge on any atom is -0.352 e. The molecule has 2 aromatic rings. The van der Waals surface area contributed by atoms with Gasteiger partial charge in [-0.1, -0.05) is 66.0 Å². The van der Waals surface area contributed by atoms with E-state index in [0.717, 1.165) is 16.7 Å². The number of carbonyl (C=O) groups excluding carboxylic acids is 2. The molecule has 0 bridgehead atoms. The smallest absolute Gasteiger partial charge is 0.243 e. The number of rotatable bonds is 10. The topological polar surface area (TPSA) is 49.4 Å². The maximum absolute atomic E-state index is 13.2. The molecule has 1 N–H and O–H groups in total. The van der Waals surface area contributed by atoms with Crippen LogP contribution in [-0.4, -0.2) is 34.6 Å². The van der Waals surface area contributed by atoms with Crippen LogP contribution in [-0.2, 0) is 21.9 Å². The Kier molecular flexibility index (Phi) is 10.2. The first-order valence-corrected chi connectivity index (χ1v) is 12.3. The number of benzene rings is 2. The number of hydrogen-bond donors (Lipinski definition) is 1. The van der Waals surface area contributed by atoms with Crippen molar-refractivity contribution < 1.29 is 9.59 Å². The van der Waals surface area contributed by atoms with Gasteiger partial charge in [-0.05, 0) is 50.5 Å². The molecular weight excluding hydrogens is 451 g/mol. The Hall–Kier alpha value is -1.69. The van der Waals surface area contributed by atoms with Crippen molar-refractivity contribution in [2.45, 2.75) is 58.5 Å². The second kappa shape index (κ2) is 12.4. The van der Waals surface area contributed by atoms with Gasteiger partial charge >= 0.3 is 0 Å². The molecule has 0 saturated carbocycles. The Labute approximate surface area is 199 Å². The van der Waals surface area contributed by atoms with E-state index in [1.807, 2.05) is 58.0 Å². The van der Waals surface area contributed by atoms with Crippen LogP contribution in [0.4, 0.5) is 0 Å². The van der Waals surface area contributed by atoms with E-state index < -0.39 is 6.04 Å². The lowest BCUT2D eigenvalue weighted by atomic mass is 10.1. The van der Waals surface area contributed by atoms with Crippen molar-refractivity contribution in [3.63, 3.8) is 0 Å². The summed E-state index contributed by atoms with van der Waals surface area (Å²) in [5.74, 6) is 0.734. The van der Waals surface area contributed by atoms with Gasteiger partial charge in [-0.3, -0.25) is 9.59 Å². The fraction of sp³-hybridized carbons (Fsp3) is 0.417. The second-order valence-electron chi connectivity index (χ2n) is 7.84. The predicted octanol–water partition coefficient (Wildman–Crippen LogP) is 5.87. The van der Waals surface area contributed by atoms with Crippen LogP contribution in [0, 0.1) is 6.92 Å². The fourth-order valence-corrected chi connectivity index (χ4v) is 4.45. The predicted molar refractivity (Wildman–Crippen MR) is 132 cm³/mol. The third kappa shape index (κ3) is 8.06. The first-order chi connectivity index (χ1) is 14.7. The van der Waals surface area contributed by atoms with Gasteiger partial charge in [0.15, 0.2) is 0 Å². The van der Waals surface area contributed by atoms with E-state index in [-0.39, 0.29) is 23.6 Å². The Morgan fingerprint density at radius 1 is 1.06 bits per heavy atom. The van der Waals surface area contributed by atoms with E-state index in [9.17, 15) is 9.59 Å². The Bertz CT molecular complexity index is 905. The van der Waals surface area contributed by atoms with E-state index in [1.165, 1.54) is 11.8 Å². The van der Waals surface area contributed by atoms with Crippen molar-refractivity contribution in [1.82, 2.24) is 10.2 Å². The summed E-state index contributed by atoms with van der Waals surface area (Å²) >= 11 is 13.6. The van der Waals surface area contributed by atoms with Crippen LogP contribution in [0.1, 0.15) is 43.9 Å². The molecule has 0 fully saturated rings. The van der Waals surface area contributed by atoms with Crippen LogP contribution in [0.3, 0.4) is 0 Å². The molecule has 2 rings (SSSR count). The normalized spacial score (nSPS) is 12.0. The summed E-state index contributed by atoms with van der Waals surface area (Å²) in [7, 11) is 0. The summed E-state index contributed by atoms with van der Waals surface area (Å²) in [6.07, 6.45) is 0.549. The molecule has 0 aromatic heterocycles. The largest absolute Gasteiger partial charge is 0.352 e. The first-order valence-electron chi connectivity index (χ1n) is 10.4. The molecule has 31 heavy (non-hydrogen) atoms. The van der Waals surface area contributed by atoms with E-state index in [2.05, 4.69) is 11.4 Å². The third-order valence-electron chi connectivity index (χ3n) is 4.73. The number of hydrogen-bond acceptors (Lipinski definition) is 3. The zero-order valence-electron chi connectivity index (χ0n) is 18.5. The fourth-order valence-electron chi connectivity index (χ4n) is 3.28. The molecule has 0 unspecified atom stereocenters.